The van der Waals surface area contributed by atoms with E-state index in [0.29, 0.717) is 52.3 Å². The predicted molar refractivity (Wildman–Crippen MR) is 219 cm³/mol. The van der Waals surface area contributed by atoms with Crippen molar-refractivity contribution in [3.63, 3.8) is 0 Å². The molecule has 0 aliphatic rings. The van der Waals surface area contributed by atoms with E-state index in [1.807, 2.05) is 37.4 Å². The highest BCUT2D eigenvalue weighted by molar-refractivity contribution is 9.10. The largest absolute Gasteiger partial charge is 0.504 e. The summed E-state index contributed by atoms with van der Waals surface area (Å²) in [6, 6.07) is 16.2. The molecule has 0 radical (unpaired) electrons. The number of carbonyl (C=O) groups excluding carboxylic acids is 2. The van der Waals surface area contributed by atoms with Crippen LogP contribution in [-0.4, -0.2) is 80.8 Å². The van der Waals surface area contributed by atoms with Gasteiger partial charge in [0, 0.05) is 57.9 Å². The molecule has 4 aromatic rings. The van der Waals surface area contributed by atoms with Crippen molar-refractivity contribution < 1.29 is 33.8 Å². The summed E-state index contributed by atoms with van der Waals surface area (Å²) in [6.45, 7) is 10.9. The molecule has 0 bridgehead atoms. The van der Waals surface area contributed by atoms with Gasteiger partial charge in [-0.3, -0.25) is 24.4 Å². The quantitative estimate of drug-likeness (QED) is 0.0138. The average Bonchev–Trinajstić information content (AvgIpc) is 3.57. The number of aromatic nitrogens is 3. The fourth-order valence-corrected chi connectivity index (χ4v) is 6.04. The zero-order valence-electron chi connectivity index (χ0n) is 31.7. The molecule has 0 fully saturated rings. The number of nitro benzene ring substituents is 1. The molecular weight excluding hydrogens is 814 g/mol. The van der Waals surface area contributed by atoms with Crippen molar-refractivity contribution in [3.05, 3.63) is 80.8 Å². The van der Waals surface area contributed by atoms with Crippen molar-refractivity contribution in [3.8, 4) is 34.4 Å². The molecule has 3 N–H and O–H groups in total. The summed E-state index contributed by atoms with van der Waals surface area (Å²) in [5.41, 5.74) is 1.53. The molecule has 1 atom stereocenters. The Bertz CT molecular complexity index is 1900. The number of aromatic hydroxyl groups is 1. The highest BCUT2D eigenvalue weighted by Gasteiger charge is 2.16. The number of benzene rings is 3. The predicted octanol–water partition coefficient (Wildman–Crippen LogP) is 7.49. The minimum atomic E-state index is -0.509. The van der Waals surface area contributed by atoms with Crippen molar-refractivity contribution in [2.75, 3.05) is 32.3 Å². The van der Waals surface area contributed by atoms with Gasteiger partial charge in [-0.25, -0.2) is 0 Å². The molecule has 15 nitrogen and oxygen atoms in total. The third kappa shape index (κ3) is 14.8. The molecule has 1 amide bonds. The van der Waals surface area contributed by atoms with E-state index in [1.54, 1.807) is 41.9 Å². The number of hydrogen-bond donors (Lipinski definition) is 3. The molecule has 1 heterocycles. The molecule has 0 saturated carbocycles. The maximum Gasteiger partial charge on any atom is 0.310 e. The number of phenols is 1. The lowest BCUT2D eigenvalue weighted by atomic mass is 10.1. The standard InChI is InChI=1S/C28H37BrN6O4S2.C9H9NO4/c1-18(17-41-34-28(2,3)4)26(37)30-12-7-13-39-21-10-8-19(9-11-21)25-32-33-27(40-6)35(25)31-16-20-14-24(38-5)23(36)15-22(20)29;1-2-9(11)14-8-5-3-7(4-6-8)10(12)13/h8-11,14-16,18,34,36H,7,12-13,17H2,1-6H3,(H,30,37);3-6H,2H2,1H3/b31-16+;. The van der Waals surface area contributed by atoms with Crippen LogP contribution in [0.15, 0.2) is 75.4 Å². The van der Waals surface area contributed by atoms with Crippen molar-refractivity contribution in [1.29, 1.82) is 0 Å². The van der Waals surface area contributed by atoms with Crippen molar-refractivity contribution in [2.24, 2.45) is 11.0 Å². The second-order valence-electron chi connectivity index (χ2n) is 12.8. The number of thioether (sulfide) groups is 1. The van der Waals surface area contributed by atoms with Crippen LogP contribution < -0.4 is 24.2 Å². The van der Waals surface area contributed by atoms with Gasteiger partial charge >= 0.3 is 5.97 Å². The van der Waals surface area contributed by atoms with Gasteiger partial charge in [-0.05, 0) is 97.9 Å². The summed E-state index contributed by atoms with van der Waals surface area (Å²) in [5.74, 6) is 2.32. The first-order chi connectivity index (χ1) is 26.1. The van der Waals surface area contributed by atoms with E-state index in [-0.39, 0.29) is 41.2 Å². The number of esters is 1. The van der Waals surface area contributed by atoms with Crippen molar-refractivity contribution in [1.82, 2.24) is 24.9 Å². The van der Waals surface area contributed by atoms with Crippen molar-refractivity contribution in [2.45, 2.75) is 58.2 Å². The molecule has 3 aromatic carbocycles. The van der Waals surface area contributed by atoms with Crippen LogP contribution in [-0.2, 0) is 9.59 Å². The fourth-order valence-electron chi connectivity index (χ4n) is 4.26. The summed E-state index contributed by atoms with van der Waals surface area (Å²) in [4.78, 5) is 32.9. The average molecular weight is 861 g/mol. The van der Waals surface area contributed by atoms with Gasteiger partial charge in [-0.1, -0.05) is 37.6 Å². The smallest absolute Gasteiger partial charge is 0.310 e. The Hall–Kier alpha value is -4.65. The maximum absolute atomic E-state index is 12.3. The second-order valence-corrected chi connectivity index (χ2v) is 15.2. The highest BCUT2D eigenvalue weighted by atomic mass is 79.9. The number of ether oxygens (including phenoxy) is 3. The molecule has 1 unspecified atom stereocenters. The van der Waals surface area contributed by atoms with Gasteiger partial charge in [0.05, 0.1) is 24.9 Å². The number of nitrogens with one attached hydrogen (secondary N) is 2. The van der Waals surface area contributed by atoms with E-state index in [2.05, 4.69) is 62.0 Å². The Labute approximate surface area is 337 Å². The summed E-state index contributed by atoms with van der Waals surface area (Å²) in [6.07, 6.45) is 4.53. The molecule has 1 aromatic heterocycles. The number of non-ortho nitro benzene ring substituents is 1. The number of phenolic OH excluding ortho intramolecular Hbond substituents is 1. The summed E-state index contributed by atoms with van der Waals surface area (Å²) in [7, 11) is 1.49. The minimum absolute atomic E-state index is 0.0149. The van der Waals surface area contributed by atoms with Crippen LogP contribution in [0, 0.1) is 16.0 Å². The molecule has 0 saturated heterocycles. The normalized spacial score (nSPS) is 11.7. The van der Waals surface area contributed by atoms with Gasteiger partial charge in [-0.2, -0.15) is 9.78 Å². The number of amides is 1. The van der Waals surface area contributed by atoms with Gasteiger partial charge in [0.15, 0.2) is 17.3 Å². The first-order valence-corrected chi connectivity index (χ1v) is 20.1. The number of halogens is 1. The molecule has 18 heteroatoms. The van der Waals surface area contributed by atoms with Crippen LogP contribution in [0.5, 0.6) is 23.0 Å². The van der Waals surface area contributed by atoms with Crippen LogP contribution in [0.25, 0.3) is 11.4 Å². The summed E-state index contributed by atoms with van der Waals surface area (Å²) >= 11 is 6.45. The van der Waals surface area contributed by atoms with Crippen LogP contribution in [0.4, 0.5) is 5.69 Å². The van der Waals surface area contributed by atoms with Gasteiger partial charge in [0.1, 0.15) is 11.5 Å². The first-order valence-electron chi connectivity index (χ1n) is 17.1. The van der Waals surface area contributed by atoms with Crippen LogP contribution in [0.2, 0.25) is 0 Å². The second kappa shape index (κ2) is 22.0. The Kier molecular flexibility index (Phi) is 17.9. The number of carbonyl (C=O) groups is 2. The Morgan fingerprint density at radius 2 is 1.78 bits per heavy atom. The third-order valence-corrected chi connectivity index (χ3v) is 9.86. The zero-order valence-corrected chi connectivity index (χ0v) is 34.9. The lowest BCUT2D eigenvalue weighted by molar-refractivity contribution is -0.384. The molecule has 4 rings (SSSR count). The number of methoxy groups -OCH3 is 1. The monoisotopic (exact) mass is 859 g/mol. The first kappa shape index (κ1) is 44.7. The van der Waals surface area contributed by atoms with Gasteiger partial charge in [-0.15, -0.1) is 10.2 Å². The summed E-state index contributed by atoms with van der Waals surface area (Å²) in [5, 5.41) is 37.1. The SMILES string of the molecule is CCC(=O)Oc1ccc([N+](=O)[O-])cc1.COc1cc(/C=N/n2c(SC)nnc2-c2ccc(OCCCNC(=O)C(C)CSNC(C)(C)C)cc2)c(Br)cc1O. The number of hydrogen-bond acceptors (Lipinski definition) is 14. The van der Waals surface area contributed by atoms with Gasteiger partial charge in [0.2, 0.25) is 11.1 Å². The lowest BCUT2D eigenvalue weighted by Crippen LogP contribution is -2.34. The van der Waals surface area contributed by atoms with E-state index in [0.717, 1.165) is 16.9 Å². The number of nitro groups is 1. The molecule has 0 spiro atoms. The third-order valence-electron chi connectivity index (χ3n) is 7.13. The van der Waals surface area contributed by atoms with Gasteiger partial charge < -0.3 is 24.6 Å². The Morgan fingerprint density at radius 1 is 1.11 bits per heavy atom. The van der Waals surface area contributed by atoms with E-state index in [9.17, 15) is 24.8 Å². The number of nitrogens with zero attached hydrogens (tertiary/aromatic N) is 5. The summed E-state index contributed by atoms with van der Waals surface area (Å²) < 4.78 is 21.6. The fraction of sp³-hybridized carbons (Fsp3) is 0.378. The lowest BCUT2D eigenvalue weighted by Gasteiger charge is -2.20. The molecule has 296 valence electrons. The van der Waals surface area contributed by atoms with E-state index >= 15 is 0 Å². The van der Waals surface area contributed by atoms with E-state index in [4.69, 9.17) is 14.2 Å². The van der Waals surface area contributed by atoms with Crippen LogP contribution in [0.1, 0.15) is 53.0 Å². The molecule has 0 aliphatic carbocycles. The minimum Gasteiger partial charge on any atom is -0.504 e. The molecule has 55 heavy (non-hydrogen) atoms. The zero-order chi connectivity index (χ0) is 40.5. The van der Waals surface area contributed by atoms with E-state index < -0.39 is 4.92 Å². The number of rotatable bonds is 17. The Morgan fingerprint density at radius 3 is 2.38 bits per heavy atom. The molecule has 0 aliphatic heterocycles. The van der Waals surface area contributed by atoms with Crippen LogP contribution in [0.3, 0.4) is 0 Å². The van der Waals surface area contributed by atoms with Gasteiger partial charge in [0.25, 0.3) is 5.69 Å². The van der Waals surface area contributed by atoms with E-state index in [1.165, 1.54) is 43.1 Å². The highest BCUT2D eigenvalue weighted by Crippen LogP contribution is 2.32. The van der Waals surface area contributed by atoms with Crippen LogP contribution >= 0.6 is 39.6 Å². The van der Waals surface area contributed by atoms with Crippen molar-refractivity contribution >= 4 is 63.4 Å². The maximum atomic E-state index is 12.3. The Balaban J connectivity index is 0.000000486. The molecular formula is C37H46BrN7O8S2. The topological polar surface area (TPSA) is 192 Å².